The lowest BCUT2D eigenvalue weighted by atomic mass is 9.99. The molecule has 0 amide bonds. The zero-order valence-electron chi connectivity index (χ0n) is 85.5. The predicted molar refractivity (Wildman–Crippen MR) is 364 cm³/mol. The Morgan fingerprint density at radius 2 is 0.674 bits per heavy atom. The van der Waals surface area contributed by atoms with Crippen molar-refractivity contribution in [1.82, 2.24) is 0 Å². The van der Waals surface area contributed by atoms with Crippen molar-refractivity contribution in [2.24, 2.45) is 35.2 Å². The highest BCUT2D eigenvalue weighted by Gasteiger charge is 2.18. The van der Waals surface area contributed by atoms with Crippen molar-refractivity contribution in [1.29, 1.82) is 0 Å². The number of hydrogen-bond donors (Lipinski definition) is 0. The van der Waals surface area contributed by atoms with Gasteiger partial charge in [0.25, 0.3) is 0 Å². The lowest BCUT2D eigenvalue weighted by molar-refractivity contribution is -0.661. The molecule has 1 atom stereocenters. The number of pyridine rings is 5. The maximum absolute atomic E-state index is 8.19. The summed E-state index contributed by atoms with van der Waals surface area (Å²) in [5.41, 5.74) is 16.1. The van der Waals surface area contributed by atoms with Gasteiger partial charge < -0.3 is 0 Å². The van der Waals surface area contributed by atoms with E-state index >= 15 is 0 Å². The third-order valence-corrected chi connectivity index (χ3v) is 14.5. The maximum Gasteiger partial charge on any atom is 0.212 e. The van der Waals surface area contributed by atoms with E-state index in [1.165, 1.54) is 55.7 Å². The van der Waals surface area contributed by atoms with Gasteiger partial charge in [-0.15, -0.1) is 0 Å². The first-order chi connectivity index (χ1) is 54.2. The van der Waals surface area contributed by atoms with Crippen molar-refractivity contribution < 1.29 is 69.4 Å². The first-order valence-electron chi connectivity index (χ1n) is 44.7. The third kappa shape index (κ3) is 17.7. The van der Waals surface area contributed by atoms with Crippen LogP contribution in [0.1, 0.15) is 176 Å². The summed E-state index contributed by atoms with van der Waals surface area (Å²) in [4.78, 5) is 0. The summed E-state index contributed by atoms with van der Waals surface area (Å²) < 4.78 is 266. The molecule has 446 valence electrons. The molecule has 0 saturated heterocycles. The van der Waals surface area contributed by atoms with E-state index in [9.17, 15) is 0 Å². The summed E-state index contributed by atoms with van der Waals surface area (Å²) >= 11 is 0. The van der Waals surface area contributed by atoms with Gasteiger partial charge in [0, 0.05) is 133 Å². The molecule has 86 heavy (non-hydrogen) atoms. The molecule has 0 bridgehead atoms. The molecule has 5 aromatic carbocycles. The predicted octanol–water partition coefficient (Wildman–Crippen LogP) is 17.4. The summed E-state index contributed by atoms with van der Waals surface area (Å²) in [6.45, 7) is -6.90. The Kier molecular flexibility index (Phi) is 12.1. The van der Waals surface area contributed by atoms with E-state index in [1.54, 1.807) is 177 Å². The molecule has 0 fully saturated rings. The van der Waals surface area contributed by atoms with Gasteiger partial charge in [-0.05, 0) is 207 Å². The van der Waals surface area contributed by atoms with Crippen molar-refractivity contribution in [3.63, 3.8) is 0 Å². The molecule has 5 aromatic heterocycles. The second-order valence-corrected chi connectivity index (χ2v) is 21.3. The Morgan fingerprint density at radius 3 is 0.988 bits per heavy atom. The van der Waals surface area contributed by atoms with Gasteiger partial charge in [-0.1, -0.05) is 112 Å². The van der Waals surface area contributed by atoms with E-state index in [2.05, 4.69) is 0 Å². The average molecular weight is 1180 g/mol. The number of aromatic nitrogens is 5. The van der Waals surface area contributed by atoms with Crippen LogP contribution in [0.25, 0.3) is 56.3 Å². The largest absolute Gasteiger partial charge is 0.212 e. The van der Waals surface area contributed by atoms with Gasteiger partial charge in [-0.3, -0.25) is 0 Å². The number of nitrogens with zero attached hydrogens (tertiary/aromatic N) is 5. The molecule has 0 saturated carbocycles. The third-order valence-electron chi connectivity index (χ3n) is 14.5. The summed E-state index contributed by atoms with van der Waals surface area (Å²) in [7, 11) is 8.91. The minimum absolute atomic E-state index is 0.0931. The lowest BCUT2D eigenvalue weighted by Crippen LogP contribution is -2.32. The van der Waals surface area contributed by atoms with Crippen molar-refractivity contribution in [2.75, 3.05) is 0 Å². The molecule has 10 aromatic rings. The zero-order valence-corrected chi connectivity index (χ0v) is 51.5. The average Bonchev–Trinajstić information content (AvgIpc) is 0.778. The molecule has 0 N–H and O–H groups in total. The fourth-order valence-corrected chi connectivity index (χ4v) is 9.96. The Bertz CT molecular complexity index is 4950. The first-order valence-corrected chi connectivity index (χ1v) is 27.7. The molecule has 0 radical (unpaired) electrons. The zero-order chi connectivity index (χ0) is 91.9. The van der Waals surface area contributed by atoms with Crippen LogP contribution in [0.5, 0.6) is 0 Å². The van der Waals surface area contributed by atoms with E-state index in [-0.39, 0.29) is 33.4 Å². The van der Waals surface area contributed by atoms with Gasteiger partial charge in [-0.25, -0.2) is 22.8 Å². The van der Waals surface area contributed by atoms with E-state index in [0.29, 0.717) is 33.4 Å². The van der Waals surface area contributed by atoms with Crippen molar-refractivity contribution >= 4 is 0 Å². The van der Waals surface area contributed by atoms with Crippen LogP contribution in [0.3, 0.4) is 0 Å². The Labute approximate surface area is 567 Å². The molecule has 0 spiro atoms. The van der Waals surface area contributed by atoms with Crippen LogP contribution in [-0.2, 0) is 54.4 Å². The normalized spacial score (nSPS) is 19.0. The van der Waals surface area contributed by atoms with Gasteiger partial charge in [0.1, 0.15) is 35.2 Å². The van der Waals surface area contributed by atoms with E-state index < -0.39 is 86.7 Å². The number of rotatable bonds is 9. The van der Waals surface area contributed by atoms with Gasteiger partial charge in [0.2, 0.25) is 28.5 Å². The molecular weight excluding hydrogens is 1040 g/mol. The van der Waals surface area contributed by atoms with Crippen LogP contribution in [0.2, 0.25) is 0 Å². The number of aryl methyl sites for hydroxylation is 20. The highest BCUT2D eigenvalue weighted by atomic mass is 14.9. The fourth-order valence-electron chi connectivity index (χ4n) is 9.96. The molecule has 5 heterocycles. The molecule has 0 aliphatic carbocycles. The van der Waals surface area contributed by atoms with Gasteiger partial charge in [0.15, 0.2) is 31.0 Å². The van der Waals surface area contributed by atoms with Gasteiger partial charge >= 0.3 is 0 Å². The number of benzene rings is 5. The van der Waals surface area contributed by atoms with E-state index in [4.69, 9.17) is 46.6 Å². The quantitative estimate of drug-likeness (QED) is 0.128. The Balaban J connectivity index is 0.000000233. The molecule has 0 aliphatic heterocycles. The van der Waals surface area contributed by atoms with Gasteiger partial charge in [0.05, 0.1) is 0 Å². The fraction of sp³-hybridized carbons (Fsp3) is 0.321. The smallest absolute Gasteiger partial charge is 0.201 e. The van der Waals surface area contributed by atoms with Crippen molar-refractivity contribution in [2.45, 2.75) is 142 Å². The van der Waals surface area contributed by atoms with Gasteiger partial charge in [-0.2, -0.15) is 0 Å². The van der Waals surface area contributed by atoms with E-state index in [1.807, 2.05) is 57.6 Å². The lowest BCUT2D eigenvalue weighted by Gasteiger charge is -2.08. The summed E-state index contributed by atoms with van der Waals surface area (Å²) in [6.07, 6.45) is 1.83. The second kappa shape index (κ2) is 30.8. The van der Waals surface area contributed by atoms with Crippen molar-refractivity contribution in [3.8, 4) is 56.3 Å². The number of hydrogen-bond acceptors (Lipinski definition) is 0. The second-order valence-electron chi connectivity index (χ2n) is 21.3. The van der Waals surface area contributed by atoms with Crippen LogP contribution in [-0.4, -0.2) is 0 Å². The Hall–Kier alpha value is -8.15. The topological polar surface area (TPSA) is 19.4 Å². The minimum atomic E-state index is -2.76. The molecular formula is C81H102N5+5. The standard InChI is InChI=1S/2C17H22N.2C16H20N.C15H18N/c1-12(2)15-7-9-17(18(5)11-15)16-8-6-13(3)10-14(16)4;1-6-15-11-18(5)17(10-13(15)3)16-8-7-12(2)9-14(16)4;2*1-5-14-7-8-15(13(3)10-14)16-9-6-12(2)11-17(16)4;1-11-5-7-14(13(3)9-11)15-8-6-12(2)10-16(15)4/h6-12H,1-5H3;7-11H,6H2,1-5H3;2*6-11H,5H2,1-4H3;5-10H,1-4H3/q5*+1/i1D3,3D3,12D;2D3,6D2;2*1D3,2D3,5D2;1D3,2D3. The minimum Gasteiger partial charge on any atom is -0.201 e. The molecule has 1 unspecified atom stereocenters. The summed E-state index contributed by atoms with van der Waals surface area (Å²) in [6, 6.07) is 39.6. The maximum atomic E-state index is 8.19. The molecule has 5 nitrogen and oxygen atoms in total. The van der Waals surface area contributed by atoms with Crippen molar-refractivity contribution in [3.05, 3.63) is 266 Å². The molecule has 0 aliphatic rings. The Morgan fingerprint density at radius 1 is 0.349 bits per heavy atom. The highest BCUT2D eigenvalue weighted by molar-refractivity contribution is 5.65. The van der Waals surface area contributed by atoms with Crippen LogP contribution >= 0.6 is 0 Å². The van der Waals surface area contributed by atoms with E-state index in [0.717, 1.165) is 78.5 Å². The highest BCUT2D eigenvalue weighted by Crippen LogP contribution is 2.27. The van der Waals surface area contributed by atoms with Crippen LogP contribution in [0.4, 0.5) is 0 Å². The monoisotopic (exact) mass is 1180 g/mol. The summed E-state index contributed by atoms with van der Waals surface area (Å²) in [5, 5.41) is 0. The SMILES string of the molecule is [2H]C([2H])([2H])c1ccc(-c2cc(C)c(C([2H])([2H])C)c[n+]2C)c(C)c1.[2H]C([2H])([2H])c1ccc(-c2ccc(C([2H])(C)C([2H])([2H])[2H])c[n+]2C)c(C)c1.[2H]C([2H])([2H])c1ccc(-c2ccc(C([2H])([2H])C([2H])([2H])[2H])cc2C)[n+](C)c1.[2H]C([2H])([2H])c1ccc(-c2ccc(C([2H])([2H])C([2H])([2H])[2H])cc2C)[n+](C)c1.[2H]C([2H])([2H])c1ccc(-c2ccc(C([2H])([2H])[2H])c[n+]2C)c(C)c1. The molecule has 10 rings (SSSR count). The van der Waals surface area contributed by atoms with Crippen LogP contribution < -0.4 is 22.8 Å². The summed E-state index contributed by atoms with van der Waals surface area (Å²) in [5.74, 6) is -1.70. The van der Waals surface area contributed by atoms with Crippen LogP contribution in [0, 0.1) is 82.7 Å². The molecule has 5 heteroatoms. The van der Waals surface area contributed by atoms with Crippen LogP contribution in [0.15, 0.2) is 177 Å². The first kappa shape index (κ1) is 33.7.